The van der Waals surface area contributed by atoms with Crippen molar-refractivity contribution in [3.05, 3.63) is 53.6 Å². The molecule has 132 valence electrons. The van der Waals surface area contributed by atoms with E-state index in [0.29, 0.717) is 6.42 Å². The Morgan fingerprint density at radius 2 is 1.88 bits per heavy atom. The summed E-state index contributed by atoms with van der Waals surface area (Å²) in [6.07, 6.45) is 5.10. The van der Waals surface area contributed by atoms with Gasteiger partial charge in [0.2, 0.25) is 0 Å². The Kier molecular flexibility index (Phi) is 5.42. The zero-order valence-corrected chi connectivity index (χ0v) is 15.2. The molecule has 25 heavy (non-hydrogen) atoms. The molecule has 1 aliphatic rings. The van der Waals surface area contributed by atoms with E-state index < -0.39 is 0 Å². The number of ether oxygens (including phenoxy) is 2. The highest BCUT2D eigenvalue weighted by Gasteiger charge is 2.26. The summed E-state index contributed by atoms with van der Waals surface area (Å²) in [5.74, 6) is 0.653. The summed E-state index contributed by atoms with van der Waals surface area (Å²) >= 11 is 0. The summed E-state index contributed by atoms with van der Waals surface area (Å²) in [7, 11) is 0. The van der Waals surface area contributed by atoms with E-state index in [1.807, 2.05) is 38.1 Å². The molecule has 3 heteroatoms. The Morgan fingerprint density at radius 1 is 1.12 bits per heavy atom. The van der Waals surface area contributed by atoms with Crippen molar-refractivity contribution >= 4 is 22.5 Å². The number of carbonyl (C=O) groups is 1. The first-order chi connectivity index (χ1) is 12.1. The van der Waals surface area contributed by atoms with Crippen LogP contribution in [0.25, 0.3) is 16.5 Å². The minimum Gasteiger partial charge on any atom is -0.491 e. The fraction of sp³-hybridized carbons (Fsp3) is 0.409. The first kappa shape index (κ1) is 17.5. The lowest BCUT2D eigenvalue weighted by molar-refractivity contribution is -0.147. The van der Waals surface area contributed by atoms with Crippen molar-refractivity contribution in [3.8, 4) is 0 Å². The standard InChI is InChI=1S/C22H26O3/c1-4-5-6-13-21(23)25-20-14-19(24-15(2)3)17-11-7-9-16-10-8-12-18(20)22(16)17/h7-12,14-15,20H,4-6,13H2,1-3H3. The van der Waals surface area contributed by atoms with E-state index in [4.69, 9.17) is 9.47 Å². The van der Waals surface area contributed by atoms with Crippen molar-refractivity contribution in [1.82, 2.24) is 0 Å². The molecule has 1 unspecified atom stereocenters. The largest absolute Gasteiger partial charge is 0.491 e. The van der Waals surface area contributed by atoms with Crippen LogP contribution in [0.3, 0.4) is 0 Å². The van der Waals surface area contributed by atoms with Gasteiger partial charge < -0.3 is 9.47 Å². The fourth-order valence-electron chi connectivity index (χ4n) is 3.30. The maximum Gasteiger partial charge on any atom is 0.306 e. The van der Waals surface area contributed by atoms with Gasteiger partial charge in [0.15, 0.2) is 0 Å². The van der Waals surface area contributed by atoms with Crippen LogP contribution in [0.15, 0.2) is 42.5 Å². The Labute approximate surface area is 149 Å². The monoisotopic (exact) mass is 338 g/mol. The minimum atomic E-state index is -0.388. The lowest BCUT2D eigenvalue weighted by Crippen LogP contribution is -2.15. The SMILES string of the molecule is CCCCCC(=O)OC1C=C(OC(C)C)c2cccc3cccc1c23. The van der Waals surface area contributed by atoms with Gasteiger partial charge in [0.25, 0.3) is 0 Å². The third-order valence-electron chi connectivity index (χ3n) is 4.42. The summed E-state index contributed by atoms with van der Waals surface area (Å²) in [6, 6.07) is 12.3. The lowest BCUT2D eigenvalue weighted by atomic mass is 9.90. The van der Waals surface area contributed by atoms with E-state index in [9.17, 15) is 4.79 Å². The number of hydrogen-bond acceptors (Lipinski definition) is 3. The van der Waals surface area contributed by atoms with Crippen LogP contribution >= 0.6 is 0 Å². The fourth-order valence-corrected chi connectivity index (χ4v) is 3.30. The van der Waals surface area contributed by atoms with E-state index in [2.05, 4.69) is 25.1 Å². The number of benzene rings is 2. The zero-order chi connectivity index (χ0) is 17.8. The van der Waals surface area contributed by atoms with Crippen molar-refractivity contribution in [2.75, 3.05) is 0 Å². The molecule has 0 aromatic heterocycles. The van der Waals surface area contributed by atoms with Crippen LogP contribution in [0.4, 0.5) is 0 Å². The second-order valence-corrected chi connectivity index (χ2v) is 6.82. The average molecular weight is 338 g/mol. The topological polar surface area (TPSA) is 35.5 Å². The molecule has 0 N–H and O–H groups in total. The minimum absolute atomic E-state index is 0.0627. The maximum absolute atomic E-state index is 12.3. The molecule has 2 aromatic carbocycles. The van der Waals surface area contributed by atoms with Gasteiger partial charge >= 0.3 is 5.97 Å². The van der Waals surface area contributed by atoms with Crippen LogP contribution in [0.2, 0.25) is 0 Å². The van der Waals surface area contributed by atoms with Gasteiger partial charge in [-0.2, -0.15) is 0 Å². The average Bonchev–Trinajstić information content (AvgIpc) is 2.58. The van der Waals surface area contributed by atoms with Crippen LogP contribution < -0.4 is 0 Å². The van der Waals surface area contributed by atoms with Crippen molar-refractivity contribution in [2.45, 2.75) is 58.7 Å². The van der Waals surface area contributed by atoms with Crippen molar-refractivity contribution in [1.29, 1.82) is 0 Å². The second kappa shape index (κ2) is 7.73. The smallest absolute Gasteiger partial charge is 0.306 e. The summed E-state index contributed by atoms with van der Waals surface area (Å²) in [6.45, 7) is 6.14. The van der Waals surface area contributed by atoms with E-state index in [-0.39, 0.29) is 18.2 Å². The molecule has 0 saturated heterocycles. The normalized spacial score (nSPS) is 16.0. The van der Waals surface area contributed by atoms with Gasteiger partial charge in [0.1, 0.15) is 11.9 Å². The maximum atomic E-state index is 12.3. The van der Waals surface area contributed by atoms with Gasteiger partial charge in [0.05, 0.1) is 6.10 Å². The number of rotatable bonds is 7. The van der Waals surface area contributed by atoms with Crippen LogP contribution in [0, 0.1) is 0 Å². The summed E-state index contributed by atoms with van der Waals surface area (Å²) in [5.41, 5.74) is 2.10. The summed E-state index contributed by atoms with van der Waals surface area (Å²) in [4.78, 5) is 12.3. The predicted octanol–water partition coefficient (Wildman–Crippen LogP) is 5.78. The molecular formula is C22H26O3. The number of esters is 1. The van der Waals surface area contributed by atoms with Gasteiger partial charge in [-0.3, -0.25) is 4.79 Å². The molecule has 1 aliphatic carbocycles. The molecule has 1 atom stereocenters. The van der Waals surface area contributed by atoms with Gasteiger partial charge in [-0.15, -0.1) is 0 Å². The second-order valence-electron chi connectivity index (χ2n) is 6.82. The molecule has 0 spiro atoms. The first-order valence-electron chi connectivity index (χ1n) is 9.20. The molecule has 3 nitrogen and oxygen atoms in total. The van der Waals surface area contributed by atoms with Gasteiger partial charge in [-0.1, -0.05) is 56.2 Å². The molecule has 0 saturated carbocycles. The van der Waals surface area contributed by atoms with Crippen LogP contribution in [0.1, 0.15) is 63.7 Å². The molecule has 0 amide bonds. The Bertz CT molecular complexity index is 784. The molecule has 0 aliphatic heterocycles. The van der Waals surface area contributed by atoms with Crippen LogP contribution in [-0.4, -0.2) is 12.1 Å². The molecule has 0 heterocycles. The summed E-state index contributed by atoms with van der Waals surface area (Å²) in [5, 5.41) is 2.26. The van der Waals surface area contributed by atoms with Gasteiger partial charge in [0, 0.05) is 23.6 Å². The predicted molar refractivity (Wildman–Crippen MR) is 101 cm³/mol. The van der Waals surface area contributed by atoms with Crippen molar-refractivity contribution < 1.29 is 14.3 Å². The number of unbranched alkanes of at least 4 members (excludes halogenated alkanes) is 2. The van der Waals surface area contributed by atoms with Crippen LogP contribution in [0.5, 0.6) is 0 Å². The summed E-state index contributed by atoms with van der Waals surface area (Å²) < 4.78 is 11.8. The van der Waals surface area contributed by atoms with E-state index >= 15 is 0 Å². The van der Waals surface area contributed by atoms with Crippen LogP contribution in [-0.2, 0) is 14.3 Å². The highest BCUT2D eigenvalue weighted by atomic mass is 16.5. The van der Waals surface area contributed by atoms with Gasteiger partial charge in [-0.25, -0.2) is 0 Å². The third-order valence-corrected chi connectivity index (χ3v) is 4.42. The molecule has 0 radical (unpaired) electrons. The molecule has 3 rings (SSSR count). The van der Waals surface area contributed by atoms with E-state index in [1.54, 1.807) is 0 Å². The molecule has 0 bridgehead atoms. The molecule has 2 aromatic rings. The zero-order valence-electron chi connectivity index (χ0n) is 15.2. The first-order valence-corrected chi connectivity index (χ1v) is 9.20. The van der Waals surface area contributed by atoms with Gasteiger partial charge in [-0.05, 0) is 31.0 Å². The highest BCUT2D eigenvalue weighted by Crippen LogP contribution is 2.40. The molecule has 0 fully saturated rings. The van der Waals surface area contributed by atoms with Crippen molar-refractivity contribution in [3.63, 3.8) is 0 Å². The quantitative estimate of drug-likeness (QED) is 0.474. The number of carbonyl (C=O) groups excluding carboxylic acids is 1. The van der Waals surface area contributed by atoms with Crippen molar-refractivity contribution in [2.24, 2.45) is 0 Å². The Hall–Kier alpha value is -2.29. The number of hydrogen-bond donors (Lipinski definition) is 0. The Balaban J connectivity index is 1.94. The highest BCUT2D eigenvalue weighted by molar-refractivity contribution is 5.97. The molecular weight excluding hydrogens is 312 g/mol. The lowest BCUT2D eigenvalue weighted by Gasteiger charge is -2.26. The van der Waals surface area contributed by atoms with E-state index in [0.717, 1.165) is 46.9 Å². The Morgan fingerprint density at radius 3 is 2.60 bits per heavy atom. The van der Waals surface area contributed by atoms with E-state index in [1.165, 1.54) is 0 Å². The third kappa shape index (κ3) is 3.87.